The molecule has 1 saturated heterocycles. The van der Waals surface area contributed by atoms with Gasteiger partial charge in [0.05, 0.1) is 11.9 Å². The van der Waals surface area contributed by atoms with Crippen molar-refractivity contribution in [2.45, 2.75) is 6.92 Å². The van der Waals surface area contributed by atoms with Crippen LogP contribution in [0.15, 0.2) is 42.6 Å². The first-order chi connectivity index (χ1) is 11.1. The number of carbonyl (C=O) groups excluding carboxylic acids is 1. The predicted molar refractivity (Wildman–Crippen MR) is 92.1 cm³/mol. The number of aromatic nitrogens is 1. The predicted octanol–water partition coefficient (Wildman–Crippen LogP) is 2.52. The largest absolute Gasteiger partial charge is 0.354 e. The van der Waals surface area contributed by atoms with Crippen molar-refractivity contribution in [3.63, 3.8) is 0 Å². The Kier molecular flexibility index (Phi) is 4.57. The Labute approximate surface area is 136 Å². The molecule has 5 heteroatoms. The molecule has 1 aromatic heterocycles. The van der Waals surface area contributed by atoms with E-state index in [2.05, 4.69) is 41.3 Å². The number of carbonyl (C=O) groups is 1. The van der Waals surface area contributed by atoms with Crippen LogP contribution in [0.25, 0.3) is 0 Å². The van der Waals surface area contributed by atoms with E-state index in [1.807, 2.05) is 23.1 Å². The second-order valence-electron chi connectivity index (χ2n) is 6.02. The molecule has 5 nitrogen and oxygen atoms in total. The Hall–Kier alpha value is -2.40. The van der Waals surface area contributed by atoms with Gasteiger partial charge in [0.2, 0.25) is 0 Å². The van der Waals surface area contributed by atoms with Crippen LogP contribution in [-0.4, -0.2) is 53.9 Å². The zero-order valence-electron chi connectivity index (χ0n) is 13.6. The third-order valence-corrected chi connectivity index (χ3v) is 4.11. The van der Waals surface area contributed by atoms with Gasteiger partial charge in [0.15, 0.2) is 0 Å². The molecule has 0 bridgehead atoms. The van der Waals surface area contributed by atoms with Crippen LogP contribution in [0, 0.1) is 6.92 Å². The molecular weight excluding hydrogens is 288 g/mol. The molecule has 1 N–H and O–H groups in total. The fraction of sp³-hybridized carbons (Fsp3) is 0.333. The highest BCUT2D eigenvalue weighted by Gasteiger charge is 2.21. The van der Waals surface area contributed by atoms with Gasteiger partial charge < -0.3 is 15.1 Å². The minimum absolute atomic E-state index is 0.0139. The topological polar surface area (TPSA) is 48.5 Å². The van der Waals surface area contributed by atoms with Gasteiger partial charge in [-0.15, -0.1) is 0 Å². The van der Waals surface area contributed by atoms with E-state index in [-0.39, 0.29) is 5.91 Å². The molecule has 0 unspecified atom stereocenters. The van der Waals surface area contributed by atoms with E-state index >= 15 is 0 Å². The molecule has 1 amide bonds. The Bertz CT molecular complexity index is 658. The first-order valence-corrected chi connectivity index (χ1v) is 7.89. The number of anilines is 2. The monoisotopic (exact) mass is 310 g/mol. The number of likely N-dealkylation sites (N-methyl/N-ethyl adjacent to an activating group) is 1. The maximum absolute atomic E-state index is 12.4. The quantitative estimate of drug-likeness (QED) is 0.946. The van der Waals surface area contributed by atoms with Gasteiger partial charge >= 0.3 is 0 Å². The molecule has 0 radical (unpaired) electrons. The van der Waals surface area contributed by atoms with Gasteiger partial charge in [0.25, 0.3) is 5.91 Å². The van der Waals surface area contributed by atoms with Crippen molar-refractivity contribution in [3.8, 4) is 0 Å². The summed E-state index contributed by atoms with van der Waals surface area (Å²) in [5, 5.41) is 3.29. The molecule has 3 rings (SSSR count). The molecule has 0 spiro atoms. The molecule has 1 fully saturated rings. The standard InChI is InChI=1S/C18H22N4O/c1-14-3-5-15(6-4-14)20-16-7-8-17(19-13-16)18(23)22-11-9-21(2)10-12-22/h3-8,13,20H,9-12H2,1-2H3. The van der Waals surface area contributed by atoms with Crippen LogP contribution >= 0.6 is 0 Å². The Morgan fingerprint density at radius 1 is 1.00 bits per heavy atom. The molecule has 1 aromatic carbocycles. The Balaban J connectivity index is 1.64. The van der Waals surface area contributed by atoms with Crippen molar-refractivity contribution >= 4 is 17.3 Å². The zero-order chi connectivity index (χ0) is 16.2. The lowest BCUT2D eigenvalue weighted by Gasteiger charge is -2.32. The number of aryl methyl sites for hydroxylation is 1. The van der Waals surface area contributed by atoms with E-state index in [4.69, 9.17) is 0 Å². The molecule has 0 atom stereocenters. The summed E-state index contributed by atoms with van der Waals surface area (Å²) in [6.07, 6.45) is 1.71. The van der Waals surface area contributed by atoms with Gasteiger partial charge in [-0.1, -0.05) is 17.7 Å². The van der Waals surface area contributed by atoms with E-state index in [1.54, 1.807) is 12.3 Å². The molecule has 2 heterocycles. The molecule has 0 saturated carbocycles. The SMILES string of the molecule is Cc1ccc(Nc2ccc(C(=O)N3CCN(C)CC3)nc2)cc1. The lowest BCUT2D eigenvalue weighted by molar-refractivity contribution is 0.0658. The number of nitrogens with one attached hydrogen (secondary N) is 1. The van der Waals surface area contributed by atoms with Crippen LogP contribution in [0.4, 0.5) is 11.4 Å². The fourth-order valence-electron chi connectivity index (χ4n) is 2.57. The number of amides is 1. The van der Waals surface area contributed by atoms with Crippen LogP contribution in [0.3, 0.4) is 0 Å². The molecule has 23 heavy (non-hydrogen) atoms. The number of benzene rings is 1. The van der Waals surface area contributed by atoms with E-state index in [9.17, 15) is 4.79 Å². The Morgan fingerprint density at radius 3 is 2.26 bits per heavy atom. The second-order valence-corrected chi connectivity index (χ2v) is 6.02. The number of piperazine rings is 1. The Morgan fingerprint density at radius 2 is 1.65 bits per heavy atom. The third kappa shape index (κ3) is 3.87. The van der Waals surface area contributed by atoms with Crippen LogP contribution in [0.5, 0.6) is 0 Å². The van der Waals surface area contributed by atoms with Crippen molar-refractivity contribution < 1.29 is 4.79 Å². The third-order valence-electron chi connectivity index (χ3n) is 4.11. The molecular formula is C18H22N4O. The van der Waals surface area contributed by atoms with Crippen LogP contribution in [-0.2, 0) is 0 Å². The molecule has 120 valence electrons. The van der Waals surface area contributed by atoms with E-state index < -0.39 is 0 Å². The lowest BCUT2D eigenvalue weighted by atomic mass is 10.2. The van der Waals surface area contributed by atoms with E-state index in [0.29, 0.717) is 5.69 Å². The van der Waals surface area contributed by atoms with Gasteiger partial charge in [0, 0.05) is 31.9 Å². The van der Waals surface area contributed by atoms with Gasteiger partial charge in [0.1, 0.15) is 5.69 Å². The number of rotatable bonds is 3. The second kappa shape index (κ2) is 6.79. The van der Waals surface area contributed by atoms with E-state index in [0.717, 1.165) is 37.6 Å². The van der Waals surface area contributed by atoms with E-state index in [1.165, 1.54) is 5.56 Å². The van der Waals surface area contributed by atoms with Gasteiger partial charge in [-0.2, -0.15) is 0 Å². The normalized spacial score (nSPS) is 15.5. The van der Waals surface area contributed by atoms with Crippen molar-refractivity contribution in [1.29, 1.82) is 0 Å². The van der Waals surface area contributed by atoms with Crippen LogP contribution in [0.1, 0.15) is 16.1 Å². The molecule has 1 aliphatic heterocycles. The zero-order valence-corrected chi connectivity index (χ0v) is 13.6. The van der Waals surface area contributed by atoms with Crippen molar-refractivity contribution in [2.75, 3.05) is 38.5 Å². The van der Waals surface area contributed by atoms with Gasteiger partial charge in [-0.3, -0.25) is 4.79 Å². The number of hydrogen-bond acceptors (Lipinski definition) is 4. The minimum atomic E-state index is 0.0139. The highest BCUT2D eigenvalue weighted by molar-refractivity contribution is 5.92. The average Bonchev–Trinajstić information content (AvgIpc) is 2.58. The summed E-state index contributed by atoms with van der Waals surface area (Å²) < 4.78 is 0. The molecule has 1 aliphatic rings. The highest BCUT2D eigenvalue weighted by Crippen LogP contribution is 2.17. The summed E-state index contributed by atoms with van der Waals surface area (Å²) >= 11 is 0. The first-order valence-electron chi connectivity index (χ1n) is 7.89. The number of pyridine rings is 1. The van der Waals surface area contributed by atoms with Crippen LogP contribution in [0.2, 0.25) is 0 Å². The summed E-state index contributed by atoms with van der Waals surface area (Å²) in [5.74, 6) is 0.0139. The number of hydrogen-bond donors (Lipinski definition) is 1. The summed E-state index contributed by atoms with van der Waals surface area (Å²) in [6.45, 7) is 5.42. The van der Waals surface area contributed by atoms with Gasteiger partial charge in [-0.05, 0) is 38.2 Å². The van der Waals surface area contributed by atoms with Crippen LogP contribution < -0.4 is 5.32 Å². The number of nitrogens with zero attached hydrogens (tertiary/aromatic N) is 3. The summed E-state index contributed by atoms with van der Waals surface area (Å²) in [5.41, 5.74) is 3.62. The smallest absolute Gasteiger partial charge is 0.272 e. The summed E-state index contributed by atoms with van der Waals surface area (Å²) in [6, 6.07) is 11.9. The first kappa shape index (κ1) is 15.5. The van der Waals surface area contributed by atoms with Gasteiger partial charge in [-0.25, -0.2) is 4.98 Å². The summed E-state index contributed by atoms with van der Waals surface area (Å²) in [7, 11) is 2.08. The molecule has 2 aromatic rings. The minimum Gasteiger partial charge on any atom is -0.354 e. The maximum Gasteiger partial charge on any atom is 0.272 e. The summed E-state index contributed by atoms with van der Waals surface area (Å²) in [4.78, 5) is 20.9. The van der Waals surface area contributed by atoms with Crippen molar-refractivity contribution in [1.82, 2.24) is 14.8 Å². The maximum atomic E-state index is 12.4. The fourth-order valence-corrected chi connectivity index (χ4v) is 2.57. The lowest BCUT2D eigenvalue weighted by Crippen LogP contribution is -2.47. The average molecular weight is 310 g/mol. The highest BCUT2D eigenvalue weighted by atomic mass is 16.2. The van der Waals surface area contributed by atoms with Crippen molar-refractivity contribution in [2.24, 2.45) is 0 Å². The van der Waals surface area contributed by atoms with Crippen molar-refractivity contribution in [3.05, 3.63) is 53.9 Å². The molecule has 0 aliphatic carbocycles.